The molecule has 0 aliphatic rings. The Morgan fingerprint density at radius 1 is 0.720 bits per heavy atom. The molecule has 0 rings (SSSR count). The maximum absolute atomic E-state index is 11.4. The van der Waals surface area contributed by atoms with E-state index in [0.717, 1.165) is 19.3 Å². The summed E-state index contributed by atoms with van der Waals surface area (Å²) in [4.78, 5) is 33.1. The summed E-state index contributed by atoms with van der Waals surface area (Å²) in [6.45, 7) is 2.23. The molecule has 0 aromatic heterocycles. The smallest absolute Gasteiger partial charge is 0.337 e. The molecular formula is C18H32O7. The Labute approximate surface area is 149 Å². The van der Waals surface area contributed by atoms with Crippen molar-refractivity contribution in [3.8, 4) is 0 Å². The van der Waals surface area contributed by atoms with Crippen molar-refractivity contribution >= 4 is 17.9 Å². The van der Waals surface area contributed by atoms with Gasteiger partial charge in [0.2, 0.25) is 0 Å². The van der Waals surface area contributed by atoms with Gasteiger partial charge in [-0.3, -0.25) is 9.59 Å². The first-order chi connectivity index (χ1) is 11.8. The number of hydrogen-bond donors (Lipinski definition) is 3. The summed E-state index contributed by atoms with van der Waals surface area (Å²) in [7, 11) is 0. The van der Waals surface area contributed by atoms with Crippen molar-refractivity contribution in [3.05, 3.63) is 0 Å². The minimum absolute atomic E-state index is 0.0450. The second-order valence-electron chi connectivity index (χ2n) is 6.47. The predicted octanol–water partition coefficient (Wildman–Crippen LogP) is 3.70. The van der Waals surface area contributed by atoms with E-state index in [1.54, 1.807) is 0 Å². The van der Waals surface area contributed by atoms with Gasteiger partial charge in [-0.15, -0.1) is 0 Å². The molecule has 0 aromatic carbocycles. The highest BCUT2D eigenvalue weighted by Crippen LogP contribution is 2.23. The van der Waals surface area contributed by atoms with Gasteiger partial charge in [0.25, 0.3) is 0 Å². The lowest BCUT2D eigenvalue weighted by atomic mass is 9.95. The third-order valence-electron chi connectivity index (χ3n) is 4.14. The van der Waals surface area contributed by atoms with Crippen LogP contribution in [-0.4, -0.2) is 45.4 Å². The minimum atomic E-state index is -2.20. The zero-order valence-corrected chi connectivity index (χ0v) is 15.2. The van der Waals surface area contributed by atoms with E-state index in [1.807, 2.05) is 0 Å². The lowest BCUT2D eigenvalue weighted by molar-refractivity contribution is -0.178. The van der Waals surface area contributed by atoms with Crippen molar-refractivity contribution in [1.82, 2.24) is 0 Å². The van der Waals surface area contributed by atoms with Gasteiger partial charge < -0.3 is 20.1 Å². The highest BCUT2D eigenvalue weighted by molar-refractivity contribution is 5.88. The van der Waals surface area contributed by atoms with E-state index >= 15 is 0 Å². The summed E-state index contributed by atoms with van der Waals surface area (Å²) < 4.78 is 5.22. The van der Waals surface area contributed by atoms with Crippen molar-refractivity contribution < 1.29 is 34.4 Å². The molecule has 0 spiro atoms. The standard InChI is InChI=1S/C18H32O7/c1-2-3-4-5-6-7-8-9-10-11-12-25-18(17(23)24,13-15(19)20)14-16(21)22/h2-14H2,1H3,(H,19,20)(H,21,22)(H,23,24). The van der Waals surface area contributed by atoms with Crippen molar-refractivity contribution in [3.63, 3.8) is 0 Å². The van der Waals surface area contributed by atoms with Gasteiger partial charge in [0.05, 0.1) is 12.8 Å². The molecule has 0 unspecified atom stereocenters. The highest BCUT2D eigenvalue weighted by atomic mass is 16.5. The Morgan fingerprint density at radius 3 is 1.48 bits per heavy atom. The minimum Gasteiger partial charge on any atom is -0.481 e. The fraction of sp³-hybridized carbons (Fsp3) is 0.833. The van der Waals surface area contributed by atoms with Crippen molar-refractivity contribution in [2.45, 2.75) is 89.6 Å². The molecule has 0 aliphatic heterocycles. The number of carboxylic acids is 3. The highest BCUT2D eigenvalue weighted by Gasteiger charge is 2.44. The topological polar surface area (TPSA) is 121 Å². The Bertz CT molecular complexity index is 390. The zero-order chi connectivity index (χ0) is 19.1. The molecule has 0 fully saturated rings. The summed E-state index contributed by atoms with van der Waals surface area (Å²) in [5.41, 5.74) is -2.20. The number of unbranched alkanes of at least 4 members (excludes halogenated alkanes) is 9. The van der Waals surface area contributed by atoms with Crippen LogP contribution in [0.5, 0.6) is 0 Å². The summed E-state index contributed by atoms with van der Waals surface area (Å²) in [5.74, 6) is -4.34. The maximum atomic E-state index is 11.4. The van der Waals surface area contributed by atoms with Gasteiger partial charge in [-0.2, -0.15) is 0 Å². The molecule has 7 heteroatoms. The van der Waals surface area contributed by atoms with Gasteiger partial charge in [-0.1, -0.05) is 64.7 Å². The van der Waals surface area contributed by atoms with Crippen LogP contribution in [0.2, 0.25) is 0 Å². The molecule has 0 heterocycles. The second-order valence-corrected chi connectivity index (χ2v) is 6.47. The summed E-state index contributed by atoms with van der Waals surface area (Å²) >= 11 is 0. The van der Waals surface area contributed by atoms with E-state index in [9.17, 15) is 19.5 Å². The van der Waals surface area contributed by atoms with Crippen LogP contribution in [-0.2, 0) is 19.1 Å². The average Bonchev–Trinajstić information content (AvgIpc) is 2.51. The summed E-state index contributed by atoms with van der Waals surface area (Å²) in [5, 5.41) is 26.9. The molecule has 0 aliphatic carbocycles. The molecule has 0 saturated heterocycles. The van der Waals surface area contributed by atoms with Crippen molar-refractivity contribution in [2.75, 3.05) is 6.61 Å². The third kappa shape index (κ3) is 11.5. The van der Waals surface area contributed by atoms with Crippen LogP contribution in [0.1, 0.15) is 84.0 Å². The van der Waals surface area contributed by atoms with Gasteiger partial charge in [0, 0.05) is 6.61 Å². The molecule has 0 bridgehead atoms. The number of carboxylic acid groups (broad SMARTS) is 3. The maximum Gasteiger partial charge on any atom is 0.337 e. The molecule has 0 atom stereocenters. The summed E-state index contributed by atoms with van der Waals surface area (Å²) in [6.07, 6.45) is 9.31. The first-order valence-corrected chi connectivity index (χ1v) is 9.15. The first kappa shape index (κ1) is 23.4. The van der Waals surface area contributed by atoms with Crippen LogP contribution in [0.15, 0.2) is 0 Å². The number of ether oxygens (including phenoxy) is 1. The SMILES string of the molecule is CCCCCCCCCCCCOC(CC(=O)O)(CC(=O)O)C(=O)O. The summed E-state index contributed by atoms with van der Waals surface area (Å²) in [6, 6.07) is 0. The third-order valence-corrected chi connectivity index (χ3v) is 4.14. The fourth-order valence-corrected chi connectivity index (χ4v) is 2.72. The van der Waals surface area contributed by atoms with Crippen LogP contribution < -0.4 is 0 Å². The Balaban J connectivity index is 4.04. The van der Waals surface area contributed by atoms with E-state index in [0.29, 0.717) is 6.42 Å². The van der Waals surface area contributed by atoms with Gasteiger partial charge >= 0.3 is 17.9 Å². The molecule has 7 nitrogen and oxygen atoms in total. The molecule has 0 amide bonds. The van der Waals surface area contributed by atoms with E-state index in [2.05, 4.69) is 6.92 Å². The van der Waals surface area contributed by atoms with E-state index in [1.165, 1.54) is 38.5 Å². The van der Waals surface area contributed by atoms with E-state index in [4.69, 9.17) is 14.9 Å². The van der Waals surface area contributed by atoms with Crippen molar-refractivity contribution in [1.29, 1.82) is 0 Å². The predicted molar refractivity (Wildman–Crippen MR) is 92.7 cm³/mol. The first-order valence-electron chi connectivity index (χ1n) is 9.15. The second kappa shape index (κ2) is 13.6. The molecule has 25 heavy (non-hydrogen) atoms. The van der Waals surface area contributed by atoms with Crippen LogP contribution >= 0.6 is 0 Å². The normalized spacial score (nSPS) is 11.4. The van der Waals surface area contributed by atoms with Crippen LogP contribution in [0.4, 0.5) is 0 Å². The number of rotatable bonds is 17. The van der Waals surface area contributed by atoms with Crippen LogP contribution in [0.25, 0.3) is 0 Å². The average molecular weight is 360 g/mol. The Hall–Kier alpha value is -1.63. The molecule has 3 N–H and O–H groups in total. The number of hydrogen-bond acceptors (Lipinski definition) is 4. The molecule has 0 radical (unpaired) electrons. The molecule has 0 aromatic rings. The molecule has 146 valence electrons. The van der Waals surface area contributed by atoms with Crippen LogP contribution in [0, 0.1) is 0 Å². The number of aliphatic carboxylic acids is 3. The lowest BCUT2D eigenvalue weighted by Gasteiger charge is -2.26. The zero-order valence-electron chi connectivity index (χ0n) is 15.2. The van der Waals surface area contributed by atoms with Gasteiger partial charge in [-0.25, -0.2) is 4.79 Å². The number of carbonyl (C=O) groups is 3. The Morgan fingerprint density at radius 2 is 1.12 bits per heavy atom. The molecular weight excluding hydrogens is 328 g/mol. The van der Waals surface area contributed by atoms with Gasteiger partial charge in [0.1, 0.15) is 0 Å². The van der Waals surface area contributed by atoms with Crippen molar-refractivity contribution in [2.24, 2.45) is 0 Å². The lowest BCUT2D eigenvalue weighted by Crippen LogP contribution is -2.45. The monoisotopic (exact) mass is 360 g/mol. The Kier molecular flexibility index (Phi) is 12.7. The van der Waals surface area contributed by atoms with Gasteiger partial charge in [0.15, 0.2) is 5.60 Å². The molecule has 0 saturated carbocycles. The van der Waals surface area contributed by atoms with E-state index in [-0.39, 0.29) is 6.61 Å². The fourth-order valence-electron chi connectivity index (χ4n) is 2.72. The van der Waals surface area contributed by atoms with E-state index < -0.39 is 36.4 Å². The largest absolute Gasteiger partial charge is 0.481 e. The van der Waals surface area contributed by atoms with Gasteiger partial charge in [-0.05, 0) is 6.42 Å². The quantitative estimate of drug-likeness (QED) is 0.338. The van der Waals surface area contributed by atoms with Crippen LogP contribution in [0.3, 0.4) is 0 Å².